The van der Waals surface area contributed by atoms with Crippen molar-refractivity contribution >= 4 is 11.8 Å². The van der Waals surface area contributed by atoms with Gasteiger partial charge in [0, 0.05) is 18.9 Å². The Hall–Kier alpha value is -1.46. The van der Waals surface area contributed by atoms with Gasteiger partial charge in [0.2, 0.25) is 0 Å². The Balaban J connectivity index is 1.99. The molecule has 0 bridgehead atoms. The van der Waals surface area contributed by atoms with Gasteiger partial charge in [0.05, 0.1) is 0 Å². The molecule has 0 fully saturated rings. The average molecular weight is 288 g/mol. The molecular weight excluding hydrogens is 268 g/mol. The molecule has 0 atom stereocenters. The highest BCUT2D eigenvalue weighted by Gasteiger charge is 2.05. The average Bonchev–Trinajstić information content (AvgIpc) is 2.42. The lowest BCUT2D eigenvalue weighted by molar-refractivity contribution is 0.551. The van der Waals surface area contributed by atoms with E-state index in [1.54, 1.807) is 24.3 Å². The molecular formula is C15H20N4S. The second kappa shape index (κ2) is 7.36. The van der Waals surface area contributed by atoms with E-state index < -0.39 is 0 Å². The van der Waals surface area contributed by atoms with Gasteiger partial charge in [-0.25, -0.2) is 15.0 Å². The molecule has 106 valence electrons. The Bertz CT molecular complexity index is 543. The first kappa shape index (κ1) is 14.9. The summed E-state index contributed by atoms with van der Waals surface area (Å²) in [6.45, 7) is 8.39. The van der Waals surface area contributed by atoms with Crippen molar-refractivity contribution in [2.45, 2.75) is 37.4 Å². The van der Waals surface area contributed by atoms with Crippen LogP contribution in [0.5, 0.6) is 0 Å². The summed E-state index contributed by atoms with van der Waals surface area (Å²) in [5, 5.41) is 5.34. The number of aromatic nitrogens is 3. The molecule has 2 aromatic heterocycles. The lowest BCUT2D eigenvalue weighted by Gasteiger charge is -2.09. The van der Waals surface area contributed by atoms with Crippen LogP contribution in [0.25, 0.3) is 0 Å². The van der Waals surface area contributed by atoms with Gasteiger partial charge in [-0.2, -0.15) is 0 Å². The van der Waals surface area contributed by atoms with Gasteiger partial charge in [0.25, 0.3) is 0 Å². The summed E-state index contributed by atoms with van der Waals surface area (Å²) < 4.78 is 0. The van der Waals surface area contributed by atoms with Crippen molar-refractivity contribution in [3.63, 3.8) is 0 Å². The van der Waals surface area contributed by atoms with Crippen molar-refractivity contribution < 1.29 is 0 Å². The van der Waals surface area contributed by atoms with Gasteiger partial charge >= 0.3 is 0 Å². The van der Waals surface area contributed by atoms with E-state index in [9.17, 15) is 0 Å². The summed E-state index contributed by atoms with van der Waals surface area (Å²) in [5.74, 6) is 0.664. The van der Waals surface area contributed by atoms with Crippen molar-refractivity contribution in [2.24, 2.45) is 5.92 Å². The summed E-state index contributed by atoms with van der Waals surface area (Å²) >= 11 is 1.57. The van der Waals surface area contributed by atoms with Gasteiger partial charge in [-0.3, -0.25) is 0 Å². The second-order valence-electron chi connectivity index (χ2n) is 5.14. The number of pyridine rings is 1. The summed E-state index contributed by atoms with van der Waals surface area (Å²) in [7, 11) is 0. The highest BCUT2D eigenvalue weighted by Crippen LogP contribution is 2.26. The van der Waals surface area contributed by atoms with E-state index >= 15 is 0 Å². The van der Waals surface area contributed by atoms with Crippen LogP contribution in [0.4, 0.5) is 0 Å². The first-order valence-electron chi connectivity index (χ1n) is 6.75. The van der Waals surface area contributed by atoms with E-state index in [1.165, 1.54) is 11.1 Å². The third-order valence-corrected chi connectivity index (χ3v) is 3.80. The number of hydrogen-bond acceptors (Lipinski definition) is 5. The van der Waals surface area contributed by atoms with Gasteiger partial charge in [0.15, 0.2) is 0 Å². The third-order valence-electron chi connectivity index (χ3n) is 2.72. The summed E-state index contributed by atoms with van der Waals surface area (Å²) in [4.78, 5) is 12.7. The van der Waals surface area contributed by atoms with E-state index in [-0.39, 0.29) is 0 Å². The Morgan fingerprint density at radius 3 is 2.80 bits per heavy atom. The van der Waals surface area contributed by atoms with Gasteiger partial charge in [0.1, 0.15) is 16.4 Å². The fourth-order valence-electron chi connectivity index (χ4n) is 1.77. The van der Waals surface area contributed by atoms with Crippen molar-refractivity contribution in [3.8, 4) is 0 Å². The van der Waals surface area contributed by atoms with Crippen LogP contribution < -0.4 is 5.32 Å². The molecule has 20 heavy (non-hydrogen) atoms. The lowest BCUT2D eigenvalue weighted by Crippen LogP contribution is -2.19. The minimum Gasteiger partial charge on any atom is -0.312 e. The molecule has 0 aliphatic rings. The topological polar surface area (TPSA) is 50.7 Å². The van der Waals surface area contributed by atoms with E-state index in [0.717, 1.165) is 23.1 Å². The molecule has 2 heterocycles. The van der Waals surface area contributed by atoms with Gasteiger partial charge in [-0.15, -0.1) is 0 Å². The van der Waals surface area contributed by atoms with E-state index in [1.807, 2.05) is 12.3 Å². The maximum absolute atomic E-state index is 4.53. The lowest BCUT2D eigenvalue weighted by atomic mass is 10.2. The van der Waals surface area contributed by atoms with Crippen molar-refractivity contribution in [2.75, 3.05) is 6.54 Å². The molecule has 0 saturated carbocycles. The van der Waals surface area contributed by atoms with Crippen LogP contribution in [-0.2, 0) is 6.54 Å². The quantitative estimate of drug-likeness (QED) is 0.828. The molecule has 0 spiro atoms. The van der Waals surface area contributed by atoms with Gasteiger partial charge in [-0.1, -0.05) is 19.9 Å². The molecule has 0 aliphatic heterocycles. The Labute approximate surface area is 124 Å². The molecule has 2 rings (SSSR count). The molecule has 2 aromatic rings. The van der Waals surface area contributed by atoms with Crippen LogP contribution >= 0.6 is 11.8 Å². The number of nitrogens with one attached hydrogen (secondary N) is 1. The Morgan fingerprint density at radius 2 is 2.15 bits per heavy atom. The Morgan fingerprint density at radius 1 is 1.30 bits per heavy atom. The monoisotopic (exact) mass is 288 g/mol. The van der Waals surface area contributed by atoms with Crippen LogP contribution in [0, 0.1) is 12.8 Å². The summed E-state index contributed by atoms with van der Waals surface area (Å²) in [6.07, 6.45) is 5.24. The predicted octanol–water partition coefficient (Wildman–Crippen LogP) is 3.08. The zero-order chi connectivity index (χ0) is 14.4. The minimum absolute atomic E-state index is 0.664. The number of hydrogen-bond donors (Lipinski definition) is 1. The van der Waals surface area contributed by atoms with Crippen LogP contribution in [0.3, 0.4) is 0 Å². The summed E-state index contributed by atoms with van der Waals surface area (Å²) in [6, 6.07) is 4.08. The second-order valence-corrected chi connectivity index (χ2v) is 6.15. The molecule has 1 N–H and O–H groups in total. The van der Waals surface area contributed by atoms with Crippen LogP contribution in [0.15, 0.2) is 40.9 Å². The molecule has 0 aromatic carbocycles. The van der Waals surface area contributed by atoms with Gasteiger partial charge < -0.3 is 5.32 Å². The van der Waals surface area contributed by atoms with Crippen molar-refractivity contribution in [1.82, 2.24) is 20.3 Å². The standard InChI is InChI=1S/C15H20N4S/c1-11(2)7-17-8-13-6-12(3)15(18-9-13)20-14-4-5-16-10-19-14/h4-6,9-11,17H,7-8H2,1-3H3. The Kier molecular flexibility index (Phi) is 5.49. The summed E-state index contributed by atoms with van der Waals surface area (Å²) in [5.41, 5.74) is 2.40. The zero-order valence-corrected chi connectivity index (χ0v) is 12.9. The zero-order valence-electron chi connectivity index (χ0n) is 12.1. The first-order chi connectivity index (χ1) is 9.65. The number of nitrogens with zero attached hydrogens (tertiary/aromatic N) is 3. The maximum atomic E-state index is 4.53. The maximum Gasteiger partial charge on any atom is 0.116 e. The fraction of sp³-hybridized carbons (Fsp3) is 0.400. The molecule has 0 aliphatic carbocycles. The molecule has 0 amide bonds. The van der Waals surface area contributed by atoms with Crippen LogP contribution in [0.1, 0.15) is 25.0 Å². The van der Waals surface area contributed by atoms with E-state index in [2.05, 4.69) is 47.1 Å². The van der Waals surface area contributed by atoms with Crippen LogP contribution in [0.2, 0.25) is 0 Å². The van der Waals surface area contributed by atoms with Crippen molar-refractivity contribution in [1.29, 1.82) is 0 Å². The largest absolute Gasteiger partial charge is 0.312 e. The fourth-order valence-corrected chi connectivity index (χ4v) is 2.52. The normalized spacial score (nSPS) is 11.0. The molecule has 0 unspecified atom stereocenters. The molecule has 4 nitrogen and oxygen atoms in total. The highest BCUT2D eigenvalue weighted by atomic mass is 32.2. The SMILES string of the molecule is Cc1cc(CNCC(C)C)cnc1Sc1ccncn1. The predicted molar refractivity (Wildman–Crippen MR) is 81.7 cm³/mol. The van der Waals surface area contributed by atoms with Crippen LogP contribution in [-0.4, -0.2) is 21.5 Å². The number of rotatable bonds is 6. The number of aryl methyl sites for hydroxylation is 1. The van der Waals surface area contributed by atoms with E-state index in [4.69, 9.17) is 0 Å². The first-order valence-corrected chi connectivity index (χ1v) is 7.57. The smallest absolute Gasteiger partial charge is 0.116 e. The highest BCUT2D eigenvalue weighted by molar-refractivity contribution is 7.99. The minimum atomic E-state index is 0.664. The third kappa shape index (κ3) is 4.58. The molecule has 5 heteroatoms. The van der Waals surface area contributed by atoms with E-state index in [0.29, 0.717) is 5.92 Å². The van der Waals surface area contributed by atoms with Crippen molar-refractivity contribution in [3.05, 3.63) is 42.0 Å². The molecule has 0 saturated heterocycles. The molecule has 0 radical (unpaired) electrons. The van der Waals surface area contributed by atoms with Gasteiger partial charge in [-0.05, 0) is 48.3 Å².